The van der Waals surface area contributed by atoms with E-state index in [1.807, 2.05) is 13.8 Å². The van der Waals surface area contributed by atoms with Gasteiger partial charge in [-0.2, -0.15) is 0 Å². The lowest BCUT2D eigenvalue weighted by Crippen LogP contribution is -2.03. The summed E-state index contributed by atoms with van der Waals surface area (Å²) in [6, 6.07) is 0. The van der Waals surface area contributed by atoms with Crippen LogP contribution < -0.4 is 0 Å². The molecule has 0 amide bonds. The first-order valence-corrected chi connectivity index (χ1v) is 7.56. The lowest BCUT2D eigenvalue weighted by Gasteiger charge is -2.12. The summed E-state index contributed by atoms with van der Waals surface area (Å²) in [7, 11) is 1.19. The smallest absolute Gasteiger partial charge is 0.175 e. The van der Waals surface area contributed by atoms with Crippen molar-refractivity contribution in [3.8, 4) is 0 Å². The van der Waals surface area contributed by atoms with Gasteiger partial charge in [-0.1, -0.05) is 33.9 Å². The highest BCUT2D eigenvalue weighted by molar-refractivity contribution is 5.88. The molecule has 0 aliphatic heterocycles. The van der Waals surface area contributed by atoms with E-state index in [0.29, 0.717) is 18.3 Å². The molecule has 0 rings (SSSR count). The molecule has 0 saturated heterocycles. The lowest BCUT2D eigenvalue weighted by molar-refractivity contribution is -0.105. The van der Waals surface area contributed by atoms with Gasteiger partial charge in [0, 0.05) is 0 Å². The van der Waals surface area contributed by atoms with Crippen LogP contribution in [0.2, 0.25) is 0 Å². The normalized spacial score (nSPS) is 13.3. The first kappa shape index (κ1) is 24.0. The fraction of sp³-hybridized carbons (Fsp3) is 0.368. The topological polar surface area (TPSA) is 43.4 Å². The summed E-state index contributed by atoms with van der Waals surface area (Å²) in [5.74, 6) is -2.07. The van der Waals surface area contributed by atoms with E-state index in [2.05, 4.69) is 17.9 Å². The molecule has 0 aliphatic carbocycles. The molecule has 0 bridgehead atoms. The Balaban J connectivity index is 0. The SMILES string of the molecule is C=C(OC)/C(F)=C(/C=O)C(=C)/C(C)=C(C=O)/C(F)=C(\C)CC.CC. The van der Waals surface area contributed by atoms with Crippen LogP contribution in [-0.4, -0.2) is 19.7 Å². The second kappa shape index (κ2) is 12.2. The van der Waals surface area contributed by atoms with Crippen molar-refractivity contribution in [1.29, 1.82) is 0 Å². The molecular weight excluding hydrogens is 314 g/mol. The number of rotatable bonds is 8. The summed E-state index contributed by atoms with van der Waals surface area (Å²) in [6.45, 7) is 15.5. The largest absolute Gasteiger partial charge is 0.494 e. The average molecular weight is 340 g/mol. The monoisotopic (exact) mass is 340 g/mol. The van der Waals surface area contributed by atoms with Crippen molar-refractivity contribution in [2.24, 2.45) is 0 Å². The molecule has 0 atom stereocenters. The molecule has 0 aliphatic rings. The zero-order valence-corrected chi connectivity index (χ0v) is 15.3. The Morgan fingerprint density at radius 2 is 1.46 bits per heavy atom. The van der Waals surface area contributed by atoms with Gasteiger partial charge < -0.3 is 4.74 Å². The third kappa shape index (κ3) is 6.07. The molecule has 3 nitrogen and oxygen atoms in total. The summed E-state index contributed by atoms with van der Waals surface area (Å²) < 4.78 is 32.8. The molecule has 5 heteroatoms. The number of allylic oxidation sites excluding steroid dienone is 7. The second-order valence-corrected chi connectivity index (χ2v) is 4.56. The molecule has 0 aromatic heterocycles. The summed E-state index contributed by atoms with van der Waals surface area (Å²) >= 11 is 0. The van der Waals surface area contributed by atoms with E-state index in [9.17, 15) is 18.4 Å². The van der Waals surface area contributed by atoms with Crippen LogP contribution in [0.25, 0.3) is 0 Å². The van der Waals surface area contributed by atoms with E-state index >= 15 is 0 Å². The van der Waals surface area contributed by atoms with Crippen LogP contribution in [-0.2, 0) is 14.3 Å². The Kier molecular flexibility index (Phi) is 12.1. The molecule has 0 N–H and O–H groups in total. The van der Waals surface area contributed by atoms with Gasteiger partial charge in [-0.05, 0) is 37.0 Å². The van der Waals surface area contributed by atoms with Crippen LogP contribution >= 0.6 is 0 Å². The summed E-state index contributed by atoms with van der Waals surface area (Å²) in [5.41, 5.74) is -0.369. The lowest BCUT2D eigenvalue weighted by atomic mass is 9.94. The van der Waals surface area contributed by atoms with Crippen molar-refractivity contribution in [2.75, 3.05) is 7.11 Å². The number of aldehydes is 2. The van der Waals surface area contributed by atoms with E-state index < -0.39 is 17.2 Å². The van der Waals surface area contributed by atoms with Crippen molar-refractivity contribution >= 4 is 12.6 Å². The Morgan fingerprint density at radius 1 is 1.00 bits per heavy atom. The third-order valence-electron chi connectivity index (χ3n) is 3.29. The van der Waals surface area contributed by atoms with Gasteiger partial charge in [0.15, 0.2) is 18.4 Å². The highest BCUT2D eigenvalue weighted by Gasteiger charge is 2.19. The molecule has 0 saturated carbocycles. The minimum Gasteiger partial charge on any atom is -0.494 e. The minimum absolute atomic E-state index is 0.0708. The van der Waals surface area contributed by atoms with E-state index in [0.717, 1.165) is 0 Å². The molecular formula is C19H26F2O3. The highest BCUT2D eigenvalue weighted by Crippen LogP contribution is 2.29. The summed E-state index contributed by atoms with van der Waals surface area (Å²) in [5, 5.41) is 0. The average Bonchev–Trinajstić information content (AvgIpc) is 2.62. The molecule has 24 heavy (non-hydrogen) atoms. The van der Waals surface area contributed by atoms with Crippen LogP contribution in [0.5, 0.6) is 0 Å². The molecule has 0 radical (unpaired) electrons. The fourth-order valence-electron chi connectivity index (χ4n) is 1.55. The summed E-state index contributed by atoms with van der Waals surface area (Å²) in [4.78, 5) is 22.3. The van der Waals surface area contributed by atoms with Crippen LogP contribution in [0.4, 0.5) is 8.78 Å². The van der Waals surface area contributed by atoms with Crippen LogP contribution in [0, 0.1) is 0 Å². The first-order chi connectivity index (χ1) is 11.3. The molecule has 0 unspecified atom stereocenters. The van der Waals surface area contributed by atoms with Crippen LogP contribution in [0.3, 0.4) is 0 Å². The maximum absolute atomic E-state index is 14.2. The standard InChI is InChI=1S/C17H20F2O3.C2H6/c1-7-10(2)16(18)14(8-20)11(3)12(4)15(9-21)17(19)13(5)22-6;1-2/h8-9H,4-5,7H2,1-3,6H3;1-2H3/b14-11+,16-10-,17-15+;. The number of hydrogen-bond acceptors (Lipinski definition) is 3. The van der Waals surface area contributed by atoms with E-state index in [4.69, 9.17) is 0 Å². The predicted octanol–water partition coefficient (Wildman–Crippen LogP) is 5.32. The van der Waals surface area contributed by atoms with Gasteiger partial charge in [0.05, 0.1) is 18.3 Å². The highest BCUT2D eigenvalue weighted by atomic mass is 19.1. The van der Waals surface area contributed by atoms with Crippen molar-refractivity contribution in [1.82, 2.24) is 0 Å². The molecule has 0 aromatic carbocycles. The predicted molar refractivity (Wildman–Crippen MR) is 93.7 cm³/mol. The van der Waals surface area contributed by atoms with Crippen molar-refractivity contribution in [2.45, 2.75) is 41.0 Å². The first-order valence-electron chi connectivity index (χ1n) is 7.56. The van der Waals surface area contributed by atoms with Crippen molar-refractivity contribution in [3.63, 3.8) is 0 Å². The van der Waals surface area contributed by atoms with Crippen molar-refractivity contribution < 1.29 is 23.1 Å². The Morgan fingerprint density at radius 3 is 1.79 bits per heavy atom. The maximum atomic E-state index is 14.2. The number of ether oxygens (including phenoxy) is 1. The second-order valence-electron chi connectivity index (χ2n) is 4.56. The van der Waals surface area contributed by atoms with Gasteiger partial charge >= 0.3 is 0 Å². The van der Waals surface area contributed by atoms with Crippen LogP contribution in [0.15, 0.2) is 58.4 Å². The zero-order valence-electron chi connectivity index (χ0n) is 15.3. The van der Waals surface area contributed by atoms with E-state index in [1.165, 1.54) is 14.0 Å². The van der Waals surface area contributed by atoms with Gasteiger partial charge in [0.1, 0.15) is 11.6 Å². The van der Waals surface area contributed by atoms with Gasteiger partial charge in [-0.25, -0.2) is 8.78 Å². The van der Waals surface area contributed by atoms with Crippen LogP contribution in [0.1, 0.15) is 41.0 Å². The quantitative estimate of drug-likeness (QED) is 0.260. The molecule has 0 heterocycles. The number of carbonyl (C=O) groups is 2. The number of carbonyl (C=O) groups excluding carboxylic acids is 2. The van der Waals surface area contributed by atoms with E-state index in [-0.39, 0.29) is 28.8 Å². The molecule has 0 aromatic rings. The molecule has 0 fully saturated rings. The fourth-order valence-corrected chi connectivity index (χ4v) is 1.55. The van der Waals surface area contributed by atoms with Gasteiger partial charge in [0.25, 0.3) is 0 Å². The van der Waals surface area contributed by atoms with E-state index in [1.54, 1.807) is 13.8 Å². The molecule has 134 valence electrons. The number of methoxy groups -OCH3 is 1. The van der Waals surface area contributed by atoms with Crippen molar-refractivity contribution in [3.05, 3.63) is 58.4 Å². The van der Waals surface area contributed by atoms with Gasteiger partial charge in [-0.15, -0.1) is 0 Å². The number of hydrogen-bond donors (Lipinski definition) is 0. The summed E-state index contributed by atoms with van der Waals surface area (Å²) in [6.07, 6.45) is 0.955. The molecule has 0 spiro atoms. The van der Waals surface area contributed by atoms with Gasteiger partial charge in [-0.3, -0.25) is 9.59 Å². The third-order valence-corrected chi connectivity index (χ3v) is 3.29. The van der Waals surface area contributed by atoms with Gasteiger partial charge in [0.2, 0.25) is 0 Å². The Bertz CT molecular complexity index is 594. The number of halogens is 2. The minimum atomic E-state index is -1.01. The Hall–Kier alpha value is -2.30. The maximum Gasteiger partial charge on any atom is 0.175 e. The zero-order chi connectivity index (χ0) is 19.4. The Labute approximate surface area is 143 Å².